The van der Waals surface area contributed by atoms with Gasteiger partial charge >= 0.3 is 5.97 Å². The molecule has 0 heterocycles. The summed E-state index contributed by atoms with van der Waals surface area (Å²) in [6, 6.07) is 3.87. The number of rotatable bonds is 25. The quantitative estimate of drug-likeness (QED) is 0.0553. The SMILES string of the molecule is CC/C=C\C/C=C\C/C=C\C/C=C\C/C=C\C/C=C\CCCOC(CC)C(=O)CC(CC(C)C)C(=O)Nc1ccc(O)c(C(=O)O)c1. The van der Waals surface area contributed by atoms with Crippen molar-refractivity contribution in [3.05, 3.63) is 96.7 Å². The predicted octanol–water partition coefficient (Wildman–Crippen LogP) is 9.92. The minimum atomic E-state index is -1.30. The number of allylic oxidation sites excluding steroid dienone is 12. The highest BCUT2D eigenvalue weighted by molar-refractivity contribution is 5.98. The van der Waals surface area contributed by atoms with E-state index in [0.29, 0.717) is 19.4 Å². The van der Waals surface area contributed by atoms with Crippen molar-refractivity contribution in [2.45, 2.75) is 104 Å². The molecule has 3 N–H and O–H groups in total. The molecule has 2 atom stereocenters. The van der Waals surface area contributed by atoms with Gasteiger partial charge < -0.3 is 20.3 Å². The molecule has 47 heavy (non-hydrogen) atoms. The van der Waals surface area contributed by atoms with Gasteiger partial charge in [-0.15, -0.1) is 0 Å². The number of aromatic hydroxyl groups is 1. The lowest BCUT2D eigenvalue weighted by molar-refractivity contribution is -0.134. The molecule has 0 spiro atoms. The van der Waals surface area contributed by atoms with Gasteiger partial charge in [0, 0.05) is 24.6 Å². The first-order valence-corrected chi connectivity index (χ1v) is 17.1. The number of carboxylic acid groups (broad SMARTS) is 1. The Kier molecular flexibility index (Phi) is 22.8. The highest BCUT2D eigenvalue weighted by atomic mass is 16.5. The van der Waals surface area contributed by atoms with Crippen LogP contribution < -0.4 is 5.32 Å². The Balaban J connectivity index is 2.35. The molecule has 1 amide bonds. The van der Waals surface area contributed by atoms with Gasteiger partial charge in [-0.05, 0) is 88.3 Å². The molecular weight excluding hydrogens is 590 g/mol. The second kappa shape index (κ2) is 26.1. The van der Waals surface area contributed by atoms with Crippen LogP contribution in [0.15, 0.2) is 91.1 Å². The summed E-state index contributed by atoms with van der Waals surface area (Å²) in [7, 11) is 0. The van der Waals surface area contributed by atoms with E-state index in [4.69, 9.17) is 4.74 Å². The largest absolute Gasteiger partial charge is 0.507 e. The van der Waals surface area contributed by atoms with Crippen molar-refractivity contribution in [2.75, 3.05) is 11.9 Å². The van der Waals surface area contributed by atoms with Crippen LogP contribution in [0.4, 0.5) is 5.69 Å². The number of carbonyl (C=O) groups is 3. The van der Waals surface area contributed by atoms with E-state index >= 15 is 0 Å². The number of amides is 1. The predicted molar refractivity (Wildman–Crippen MR) is 194 cm³/mol. The second-order valence-electron chi connectivity index (χ2n) is 11.8. The van der Waals surface area contributed by atoms with Crippen LogP contribution in [-0.2, 0) is 14.3 Å². The van der Waals surface area contributed by atoms with Crippen molar-refractivity contribution < 1.29 is 29.3 Å². The fraction of sp³-hybridized carbons (Fsp3) is 0.475. The van der Waals surface area contributed by atoms with Gasteiger partial charge in [-0.3, -0.25) is 9.59 Å². The fourth-order valence-corrected chi connectivity index (χ4v) is 4.76. The molecule has 7 nitrogen and oxygen atoms in total. The van der Waals surface area contributed by atoms with Crippen molar-refractivity contribution in [1.29, 1.82) is 0 Å². The Labute approximate surface area is 282 Å². The molecule has 1 aromatic carbocycles. The number of nitrogens with one attached hydrogen (secondary N) is 1. The zero-order valence-corrected chi connectivity index (χ0v) is 28.9. The van der Waals surface area contributed by atoms with E-state index in [9.17, 15) is 24.6 Å². The third kappa shape index (κ3) is 20.0. The molecule has 0 saturated carbocycles. The van der Waals surface area contributed by atoms with Gasteiger partial charge in [0.25, 0.3) is 0 Å². The molecule has 2 unspecified atom stereocenters. The average molecular weight is 648 g/mol. The number of anilines is 1. The zero-order chi connectivity index (χ0) is 34.7. The summed E-state index contributed by atoms with van der Waals surface area (Å²) in [6.45, 7) is 8.47. The molecule has 0 saturated heterocycles. The van der Waals surface area contributed by atoms with Crippen LogP contribution >= 0.6 is 0 Å². The van der Waals surface area contributed by atoms with E-state index in [1.165, 1.54) is 18.2 Å². The summed E-state index contributed by atoms with van der Waals surface area (Å²) in [5, 5.41) is 21.7. The molecule has 7 heteroatoms. The number of aromatic carboxylic acids is 1. The summed E-state index contributed by atoms with van der Waals surface area (Å²) in [5.41, 5.74) is -0.0492. The highest BCUT2D eigenvalue weighted by Gasteiger charge is 2.27. The first-order chi connectivity index (χ1) is 22.7. The zero-order valence-electron chi connectivity index (χ0n) is 28.9. The first kappa shape index (κ1) is 41.1. The van der Waals surface area contributed by atoms with Gasteiger partial charge in [0.05, 0.1) is 0 Å². The lowest BCUT2D eigenvalue weighted by Gasteiger charge is -2.21. The number of carbonyl (C=O) groups excluding carboxylic acids is 2. The second-order valence-corrected chi connectivity index (χ2v) is 11.8. The number of hydrogen-bond acceptors (Lipinski definition) is 5. The summed E-state index contributed by atoms with van der Waals surface area (Å²) < 4.78 is 5.91. The molecule has 1 aromatic rings. The molecule has 0 aliphatic carbocycles. The van der Waals surface area contributed by atoms with Gasteiger partial charge in [-0.25, -0.2) is 4.79 Å². The number of Topliss-reactive ketones (excluding diaryl/α,β-unsaturated/α-hetero) is 1. The third-order valence-corrected chi connectivity index (χ3v) is 7.23. The number of ether oxygens (including phenoxy) is 1. The summed E-state index contributed by atoms with van der Waals surface area (Å²) in [6.07, 6.45) is 34.1. The van der Waals surface area contributed by atoms with Crippen molar-refractivity contribution in [3.63, 3.8) is 0 Å². The maximum Gasteiger partial charge on any atom is 0.339 e. The van der Waals surface area contributed by atoms with Gasteiger partial charge in [0.1, 0.15) is 17.4 Å². The average Bonchev–Trinajstić information content (AvgIpc) is 3.03. The molecule has 0 radical (unpaired) electrons. The van der Waals surface area contributed by atoms with Crippen LogP contribution in [0.1, 0.15) is 109 Å². The topological polar surface area (TPSA) is 113 Å². The van der Waals surface area contributed by atoms with Crippen LogP contribution in [0.3, 0.4) is 0 Å². The van der Waals surface area contributed by atoms with Crippen LogP contribution in [0.2, 0.25) is 0 Å². The third-order valence-electron chi connectivity index (χ3n) is 7.23. The Morgan fingerprint density at radius 3 is 1.83 bits per heavy atom. The molecule has 1 rings (SSSR count). The van der Waals surface area contributed by atoms with Crippen molar-refractivity contribution >= 4 is 23.3 Å². The minimum absolute atomic E-state index is 0.0412. The lowest BCUT2D eigenvalue weighted by atomic mass is 9.90. The summed E-state index contributed by atoms with van der Waals surface area (Å²) >= 11 is 0. The summed E-state index contributed by atoms with van der Waals surface area (Å²) in [5.74, 6) is -2.55. The van der Waals surface area contributed by atoms with Gasteiger partial charge in [-0.1, -0.05) is 101 Å². The Morgan fingerprint density at radius 2 is 1.34 bits per heavy atom. The van der Waals surface area contributed by atoms with Crippen LogP contribution in [0.25, 0.3) is 0 Å². The first-order valence-electron chi connectivity index (χ1n) is 17.1. The van der Waals surface area contributed by atoms with Crippen LogP contribution in [0, 0.1) is 11.8 Å². The van der Waals surface area contributed by atoms with Crippen LogP contribution in [0.5, 0.6) is 5.75 Å². The maximum absolute atomic E-state index is 13.1. The molecule has 258 valence electrons. The number of carboxylic acids is 1. The van der Waals surface area contributed by atoms with E-state index in [1.807, 2.05) is 20.8 Å². The Hall–Kier alpha value is -3.97. The Bertz CT molecular complexity index is 1240. The maximum atomic E-state index is 13.1. The van der Waals surface area contributed by atoms with Gasteiger partial charge in [0.15, 0.2) is 5.78 Å². The molecule has 0 bridgehead atoms. The standard InChI is InChI=1S/C40H57NO6/c1-5-7-8-9-10-11-12-13-14-15-16-17-18-19-20-21-22-23-24-25-28-47-38(6-2)37(43)30-33(29-32(3)4)39(44)41-34-26-27-36(42)35(31-34)40(45)46/h7-8,10-11,13-14,16-17,19-20,22-23,26-27,31-33,38,42H,5-6,9,12,15,18,21,24-25,28-30H2,1-4H3,(H,41,44)(H,45,46)/b8-7-,11-10-,14-13-,17-16-,20-19-,23-22-. The molecule has 0 aliphatic rings. The number of ketones is 1. The van der Waals surface area contributed by atoms with Crippen LogP contribution in [-0.4, -0.2) is 40.6 Å². The fourth-order valence-electron chi connectivity index (χ4n) is 4.76. The number of phenols is 1. The van der Waals surface area contributed by atoms with Gasteiger partial charge in [-0.2, -0.15) is 0 Å². The highest BCUT2D eigenvalue weighted by Crippen LogP contribution is 2.24. The Morgan fingerprint density at radius 1 is 0.809 bits per heavy atom. The van der Waals surface area contributed by atoms with Crippen molar-refractivity contribution in [2.24, 2.45) is 11.8 Å². The van der Waals surface area contributed by atoms with E-state index in [0.717, 1.165) is 51.4 Å². The number of benzene rings is 1. The van der Waals surface area contributed by atoms with E-state index in [-0.39, 0.29) is 41.0 Å². The molecule has 0 aromatic heterocycles. The molecular formula is C40H57NO6. The smallest absolute Gasteiger partial charge is 0.339 e. The monoisotopic (exact) mass is 647 g/mol. The lowest BCUT2D eigenvalue weighted by Crippen LogP contribution is -2.32. The van der Waals surface area contributed by atoms with Crippen molar-refractivity contribution in [1.82, 2.24) is 0 Å². The summed E-state index contributed by atoms with van der Waals surface area (Å²) in [4.78, 5) is 37.5. The van der Waals surface area contributed by atoms with Crippen molar-refractivity contribution in [3.8, 4) is 5.75 Å². The normalized spacial score (nSPS) is 13.7. The molecule has 0 aliphatic heterocycles. The number of unbranched alkanes of at least 4 members (excludes halogenated alkanes) is 1. The number of hydrogen-bond donors (Lipinski definition) is 3. The van der Waals surface area contributed by atoms with E-state index in [1.54, 1.807) is 0 Å². The van der Waals surface area contributed by atoms with Gasteiger partial charge in [0.2, 0.25) is 5.91 Å². The minimum Gasteiger partial charge on any atom is -0.507 e. The molecule has 0 fully saturated rings. The van der Waals surface area contributed by atoms with E-state index < -0.39 is 18.0 Å². The van der Waals surface area contributed by atoms with E-state index in [2.05, 4.69) is 85.2 Å².